The molecule has 2 aromatic rings. The number of H-pyrrole nitrogens is 1. The Bertz CT molecular complexity index is 882. The van der Waals surface area contributed by atoms with Gasteiger partial charge < -0.3 is 20.7 Å². The van der Waals surface area contributed by atoms with Crippen LogP contribution in [0.3, 0.4) is 0 Å². The Morgan fingerprint density at radius 3 is 2.28 bits per heavy atom. The number of nitrogens with two attached hydrogens (primary N) is 1. The Balaban J connectivity index is 0.000000387. The van der Waals surface area contributed by atoms with Crippen LogP contribution < -0.4 is 21.5 Å². The minimum absolute atomic E-state index is 0.111. The third kappa shape index (κ3) is 7.49. The number of hydrogen-bond donors (Lipinski definition) is 3. The number of aromatic amines is 1. The molecule has 8 nitrogen and oxygen atoms in total. The maximum Gasteiger partial charge on any atom is 0.417 e. The molecule has 0 atom stereocenters. The van der Waals surface area contributed by atoms with Crippen molar-refractivity contribution in [2.75, 3.05) is 50.0 Å². The van der Waals surface area contributed by atoms with Crippen molar-refractivity contribution in [1.29, 1.82) is 0 Å². The molecule has 4 heterocycles. The number of aromatic nitrogens is 3. The van der Waals surface area contributed by atoms with Gasteiger partial charge in [-0.15, -0.1) is 0 Å². The second-order valence-corrected chi connectivity index (χ2v) is 7.02. The van der Waals surface area contributed by atoms with Gasteiger partial charge in [0.2, 0.25) is 5.95 Å². The highest BCUT2D eigenvalue weighted by Gasteiger charge is 2.35. The highest BCUT2D eigenvalue weighted by molar-refractivity contribution is 5.66. The first-order valence-corrected chi connectivity index (χ1v) is 10.8. The lowest BCUT2D eigenvalue weighted by molar-refractivity contribution is -0.137. The van der Waals surface area contributed by atoms with Crippen LogP contribution in [-0.2, 0) is 10.9 Å². The molecule has 2 aromatic heterocycles. The molecular weight excluding hydrogens is 425 g/mol. The van der Waals surface area contributed by atoms with Gasteiger partial charge >= 0.3 is 6.18 Å². The molecule has 4 rings (SSSR count). The second-order valence-electron chi connectivity index (χ2n) is 7.02. The smallest absolute Gasteiger partial charge is 0.384 e. The Morgan fingerprint density at radius 2 is 1.75 bits per heavy atom. The number of rotatable bonds is 2. The minimum Gasteiger partial charge on any atom is -0.384 e. The van der Waals surface area contributed by atoms with E-state index in [1.165, 1.54) is 32.4 Å². The summed E-state index contributed by atoms with van der Waals surface area (Å²) in [6.45, 7) is 8.37. The third-order valence-electron chi connectivity index (χ3n) is 4.75. The van der Waals surface area contributed by atoms with Gasteiger partial charge in [-0.1, -0.05) is 20.3 Å². The SMILES string of the molecule is C1CCNCC1.CC.Nc1cc(C(F)(F)F)c(-c2cc(=O)[nH]c(N3CCOCC3)n2)cn1. The molecule has 0 aliphatic carbocycles. The predicted octanol–water partition coefficient (Wildman–Crippen LogP) is 3.06. The highest BCUT2D eigenvalue weighted by atomic mass is 19.4. The largest absolute Gasteiger partial charge is 0.417 e. The standard InChI is InChI=1S/C14H14F3N5O2.C5H11N.C2H6/c15-14(16,17)9-5-11(18)19-7-8(9)10-6-12(23)21-13(20-10)22-1-3-24-4-2-22;1-2-4-6-5-3-1;1-2/h5-7H,1-4H2,(H2,18,19)(H,20,21,23);6H,1-5H2;1-2H3. The zero-order chi connectivity index (χ0) is 23.6. The molecule has 0 spiro atoms. The van der Waals surface area contributed by atoms with Crippen LogP contribution in [-0.4, -0.2) is 54.3 Å². The zero-order valence-electron chi connectivity index (χ0n) is 18.5. The fourth-order valence-corrected chi connectivity index (χ4v) is 3.22. The zero-order valence-corrected chi connectivity index (χ0v) is 18.5. The first-order chi connectivity index (χ1) is 15.3. The Hall–Kier alpha value is -2.66. The van der Waals surface area contributed by atoms with Crippen molar-refractivity contribution >= 4 is 11.8 Å². The van der Waals surface area contributed by atoms with E-state index < -0.39 is 17.3 Å². The second kappa shape index (κ2) is 12.4. The first-order valence-electron chi connectivity index (χ1n) is 10.8. The quantitative estimate of drug-likeness (QED) is 0.637. The summed E-state index contributed by atoms with van der Waals surface area (Å²) in [7, 11) is 0. The van der Waals surface area contributed by atoms with E-state index in [1.54, 1.807) is 4.90 Å². The molecule has 178 valence electrons. The summed E-state index contributed by atoms with van der Waals surface area (Å²) in [5.41, 5.74) is 3.42. The molecule has 0 unspecified atom stereocenters. The number of anilines is 2. The molecule has 4 N–H and O–H groups in total. The molecule has 11 heteroatoms. The van der Waals surface area contributed by atoms with Crippen LogP contribution in [0.15, 0.2) is 23.1 Å². The molecule has 2 aliphatic rings. The lowest BCUT2D eigenvalue weighted by atomic mass is 10.1. The topological polar surface area (TPSA) is 109 Å². The number of halogens is 3. The van der Waals surface area contributed by atoms with Crippen LogP contribution in [0.5, 0.6) is 0 Å². The molecule has 2 fully saturated rings. The van der Waals surface area contributed by atoms with Crippen LogP contribution in [0.1, 0.15) is 38.7 Å². The van der Waals surface area contributed by atoms with Crippen LogP contribution in [0.4, 0.5) is 24.9 Å². The molecule has 2 aliphatic heterocycles. The number of hydrogen-bond acceptors (Lipinski definition) is 7. The fourth-order valence-electron chi connectivity index (χ4n) is 3.22. The van der Waals surface area contributed by atoms with Gasteiger partial charge in [-0.05, 0) is 32.0 Å². The number of ether oxygens (including phenoxy) is 1. The summed E-state index contributed by atoms with van der Waals surface area (Å²) < 4.78 is 44.9. The van der Waals surface area contributed by atoms with E-state index in [0.29, 0.717) is 26.3 Å². The lowest BCUT2D eigenvalue weighted by Gasteiger charge is -2.27. The number of nitrogens with one attached hydrogen (secondary N) is 2. The fraction of sp³-hybridized carbons (Fsp3) is 0.571. The Morgan fingerprint density at radius 1 is 1.09 bits per heavy atom. The van der Waals surface area contributed by atoms with E-state index in [0.717, 1.165) is 18.3 Å². The highest BCUT2D eigenvalue weighted by Crippen LogP contribution is 2.36. The first kappa shape index (κ1) is 25.6. The number of alkyl halides is 3. The van der Waals surface area contributed by atoms with Crippen LogP contribution in [0, 0.1) is 0 Å². The normalized spacial score (nSPS) is 16.3. The van der Waals surface area contributed by atoms with Crippen molar-refractivity contribution in [2.45, 2.75) is 39.3 Å². The average Bonchev–Trinajstić information content (AvgIpc) is 2.81. The van der Waals surface area contributed by atoms with Crippen molar-refractivity contribution in [3.8, 4) is 11.3 Å². The van der Waals surface area contributed by atoms with Crippen LogP contribution in [0.2, 0.25) is 0 Å². The monoisotopic (exact) mass is 456 g/mol. The molecular formula is C21H31F3N6O2. The summed E-state index contributed by atoms with van der Waals surface area (Å²) in [6, 6.07) is 1.74. The number of pyridine rings is 1. The van der Waals surface area contributed by atoms with Gasteiger partial charge in [-0.25, -0.2) is 9.97 Å². The number of morpholine rings is 1. The van der Waals surface area contributed by atoms with Gasteiger partial charge in [0.15, 0.2) is 0 Å². The van der Waals surface area contributed by atoms with E-state index >= 15 is 0 Å². The maximum absolute atomic E-state index is 13.2. The van der Waals surface area contributed by atoms with Gasteiger partial charge in [0.25, 0.3) is 5.56 Å². The third-order valence-corrected chi connectivity index (χ3v) is 4.75. The summed E-state index contributed by atoms with van der Waals surface area (Å²) in [5, 5.41) is 3.28. The van der Waals surface area contributed by atoms with Gasteiger partial charge in [-0.3, -0.25) is 9.78 Å². The molecule has 0 aromatic carbocycles. The van der Waals surface area contributed by atoms with Gasteiger partial charge in [-0.2, -0.15) is 13.2 Å². The van der Waals surface area contributed by atoms with Crippen molar-refractivity contribution in [3.05, 3.63) is 34.2 Å². The number of nitrogen functional groups attached to an aromatic ring is 1. The van der Waals surface area contributed by atoms with E-state index in [9.17, 15) is 18.0 Å². The predicted molar refractivity (Wildman–Crippen MR) is 119 cm³/mol. The maximum atomic E-state index is 13.2. The van der Waals surface area contributed by atoms with Gasteiger partial charge in [0.1, 0.15) is 5.82 Å². The Kier molecular flexibility index (Phi) is 9.92. The van der Waals surface area contributed by atoms with Crippen molar-refractivity contribution in [1.82, 2.24) is 20.3 Å². The number of nitrogens with zero attached hydrogens (tertiary/aromatic N) is 3. The van der Waals surface area contributed by atoms with Crippen LogP contribution >= 0.6 is 0 Å². The minimum atomic E-state index is -4.64. The summed E-state index contributed by atoms with van der Waals surface area (Å²) in [5.74, 6) is -0.0601. The summed E-state index contributed by atoms with van der Waals surface area (Å²) in [6.07, 6.45) is 0.547. The van der Waals surface area contributed by atoms with Gasteiger partial charge in [0.05, 0.1) is 24.5 Å². The Labute approximate surface area is 185 Å². The van der Waals surface area contributed by atoms with Crippen molar-refractivity contribution in [2.24, 2.45) is 0 Å². The van der Waals surface area contributed by atoms with Crippen molar-refractivity contribution < 1.29 is 17.9 Å². The van der Waals surface area contributed by atoms with Crippen LogP contribution in [0.25, 0.3) is 11.3 Å². The number of piperidine rings is 1. The molecule has 2 saturated heterocycles. The van der Waals surface area contributed by atoms with E-state index in [-0.39, 0.29) is 23.0 Å². The van der Waals surface area contributed by atoms with E-state index in [4.69, 9.17) is 10.5 Å². The van der Waals surface area contributed by atoms with E-state index in [2.05, 4.69) is 20.3 Å². The van der Waals surface area contributed by atoms with Crippen molar-refractivity contribution in [3.63, 3.8) is 0 Å². The van der Waals surface area contributed by atoms with E-state index in [1.807, 2.05) is 13.8 Å². The summed E-state index contributed by atoms with van der Waals surface area (Å²) >= 11 is 0. The summed E-state index contributed by atoms with van der Waals surface area (Å²) in [4.78, 5) is 24.0. The average molecular weight is 457 g/mol. The molecule has 32 heavy (non-hydrogen) atoms. The van der Waals surface area contributed by atoms with Gasteiger partial charge in [0, 0.05) is 30.9 Å². The lowest BCUT2D eigenvalue weighted by Crippen LogP contribution is -2.38. The molecule has 0 bridgehead atoms. The molecule has 0 radical (unpaired) electrons. The molecule has 0 saturated carbocycles. The molecule has 0 amide bonds.